The SMILES string of the molecule is O=C1c2ccccc2CCC1CCl. The van der Waals surface area contributed by atoms with E-state index in [2.05, 4.69) is 0 Å². The van der Waals surface area contributed by atoms with Crippen LogP contribution in [0.2, 0.25) is 0 Å². The minimum atomic E-state index is 0.0385. The third kappa shape index (κ3) is 1.49. The van der Waals surface area contributed by atoms with Crippen LogP contribution in [-0.2, 0) is 6.42 Å². The van der Waals surface area contributed by atoms with Crippen LogP contribution in [-0.4, -0.2) is 11.7 Å². The van der Waals surface area contributed by atoms with Crippen LogP contribution in [0.5, 0.6) is 0 Å². The number of rotatable bonds is 1. The van der Waals surface area contributed by atoms with Crippen molar-refractivity contribution in [1.29, 1.82) is 0 Å². The second-order valence-corrected chi connectivity index (χ2v) is 3.72. The second kappa shape index (κ2) is 3.51. The van der Waals surface area contributed by atoms with Crippen LogP contribution in [0.4, 0.5) is 0 Å². The van der Waals surface area contributed by atoms with Crippen LogP contribution in [0.1, 0.15) is 22.3 Å². The monoisotopic (exact) mass is 194 g/mol. The fourth-order valence-electron chi connectivity index (χ4n) is 1.81. The van der Waals surface area contributed by atoms with Crippen LogP contribution in [0.15, 0.2) is 24.3 Å². The van der Waals surface area contributed by atoms with Crippen molar-refractivity contribution < 1.29 is 4.79 Å². The van der Waals surface area contributed by atoms with Crippen LogP contribution in [0.25, 0.3) is 0 Å². The summed E-state index contributed by atoms with van der Waals surface area (Å²) in [5.41, 5.74) is 2.05. The van der Waals surface area contributed by atoms with E-state index in [1.807, 2.05) is 24.3 Å². The zero-order chi connectivity index (χ0) is 9.26. The lowest BCUT2D eigenvalue weighted by Gasteiger charge is -2.20. The van der Waals surface area contributed by atoms with E-state index in [4.69, 9.17) is 11.6 Å². The highest BCUT2D eigenvalue weighted by Gasteiger charge is 2.25. The lowest BCUT2D eigenvalue weighted by molar-refractivity contribution is 0.0916. The van der Waals surface area contributed by atoms with Gasteiger partial charge in [0, 0.05) is 17.4 Å². The molecule has 1 aromatic carbocycles. The summed E-state index contributed by atoms with van der Waals surface area (Å²) in [7, 11) is 0. The average Bonchev–Trinajstić information content (AvgIpc) is 2.19. The smallest absolute Gasteiger partial charge is 0.167 e. The molecule has 0 amide bonds. The highest BCUT2D eigenvalue weighted by atomic mass is 35.5. The molecule has 1 nitrogen and oxygen atoms in total. The molecule has 2 heteroatoms. The maximum Gasteiger partial charge on any atom is 0.167 e. The molecule has 1 atom stereocenters. The minimum absolute atomic E-state index is 0.0385. The highest BCUT2D eigenvalue weighted by molar-refractivity contribution is 6.20. The Morgan fingerprint density at radius 2 is 2.15 bits per heavy atom. The molecule has 1 unspecified atom stereocenters. The summed E-state index contributed by atoms with van der Waals surface area (Å²) in [5, 5.41) is 0. The first kappa shape index (κ1) is 8.76. The molecule has 68 valence electrons. The third-order valence-corrected chi connectivity index (χ3v) is 2.97. The summed E-state index contributed by atoms with van der Waals surface area (Å²) in [6.45, 7) is 0. The van der Waals surface area contributed by atoms with Crippen molar-refractivity contribution in [3.63, 3.8) is 0 Å². The molecule has 1 aliphatic rings. The molecule has 0 radical (unpaired) electrons. The first-order chi connectivity index (χ1) is 6.33. The Bertz CT molecular complexity index is 333. The number of carbonyl (C=O) groups is 1. The zero-order valence-electron chi connectivity index (χ0n) is 7.29. The number of halogens is 1. The van der Waals surface area contributed by atoms with Crippen molar-refractivity contribution in [3.05, 3.63) is 35.4 Å². The van der Waals surface area contributed by atoms with Crippen LogP contribution in [0, 0.1) is 5.92 Å². The number of ketones is 1. The van der Waals surface area contributed by atoms with E-state index in [9.17, 15) is 4.79 Å². The molecule has 0 aromatic heterocycles. The average molecular weight is 195 g/mol. The van der Waals surface area contributed by atoms with Gasteiger partial charge in [0.05, 0.1) is 0 Å². The number of fused-ring (bicyclic) bond motifs is 1. The summed E-state index contributed by atoms with van der Waals surface area (Å²) < 4.78 is 0. The van der Waals surface area contributed by atoms with Gasteiger partial charge < -0.3 is 0 Å². The van der Waals surface area contributed by atoms with Crippen molar-refractivity contribution in [2.75, 3.05) is 5.88 Å². The Morgan fingerprint density at radius 3 is 2.92 bits per heavy atom. The molecule has 2 rings (SSSR count). The fourth-order valence-corrected chi connectivity index (χ4v) is 2.10. The van der Waals surface area contributed by atoms with Gasteiger partial charge in [0.15, 0.2) is 5.78 Å². The quantitative estimate of drug-likeness (QED) is 0.629. The van der Waals surface area contributed by atoms with Crippen molar-refractivity contribution >= 4 is 17.4 Å². The molecule has 0 aliphatic heterocycles. The van der Waals surface area contributed by atoms with Gasteiger partial charge in [-0.15, -0.1) is 11.6 Å². The molecule has 1 aliphatic carbocycles. The van der Waals surface area contributed by atoms with Crippen LogP contribution in [0.3, 0.4) is 0 Å². The predicted molar refractivity (Wildman–Crippen MR) is 53.3 cm³/mol. The van der Waals surface area contributed by atoms with Gasteiger partial charge in [-0.2, -0.15) is 0 Å². The number of Topliss-reactive ketones (excluding diaryl/α,β-unsaturated/α-hetero) is 1. The molecule has 0 saturated heterocycles. The number of carbonyl (C=O) groups excluding carboxylic acids is 1. The largest absolute Gasteiger partial charge is 0.294 e. The van der Waals surface area contributed by atoms with Gasteiger partial charge in [-0.3, -0.25) is 4.79 Å². The molecule has 0 heterocycles. The summed E-state index contributed by atoms with van der Waals surface area (Å²) in [5.74, 6) is 0.709. The Kier molecular flexibility index (Phi) is 2.36. The lowest BCUT2D eigenvalue weighted by atomic mass is 9.84. The van der Waals surface area contributed by atoms with Gasteiger partial charge >= 0.3 is 0 Å². The highest BCUT2D eigenvalue weighted by Crippen LogP contribution is 2.25. The lowest BCUT2D eigenvalue weighted by Crippen LogP contribution is -2.23. The molecule has 0 N–H and O–H groups in total. The Labute approximate surface area is 82.7 Å². The summed E-state index contributed by atoms with van der Waals surface area (Å²) in [6, 6.07) is 7.81. The molecule has 0 spiro atoms. The Hall–Kier alpha value is -0.820. The fraction of sp³-hybridized carbons (Fsp3) is 0.364. The first-order valence-corrected chi connectivity index (χ1v) is 5.04. The van der Waals surface area contributed by atoms with Crippen LogP contribution < -0.4 is 0 Å². The van der Waals surface area contributed by atoms with Crippen molar-refractivity contribution in [2.24, 2.45) is 5.92 Å². The predicted octanol–water partition coefficient (Wildman–Crippen LogP) is 2.67. The molecule has 13 heavy (non-hydrogen) atoms. The van der Waals surface area contributed by atoms with E-state index in [0.717, 1.165) is 18.4 Å². The number of aryl methyl sites for hydroxylation is 1. The summed E-state index contributed by atoms with van der Waals surface area (Å²) >= 11 is 5.72. The Balaban J connectivity index is 2.39. The van der Waals surface area contributed by atoms with E-state index in [-0.39, 0.29) is 11.7 Å². The van der Waals surface area contributed by atoms with E-state index >= 15 is 0 Å². The standard InChI is InChI=1S/C11H11ClO/c12-7-9-6-5-8-3-1-2-4-10(8)11(9)13/h1-4,9H,5-7H2. The van der Waals surface area contributed by atoms with Gasteiger partial charge in [0.25, 0.3) is 0 Å². The molecule has 0 saturated carbocycles. The summed E-state index contributed by atoms with van der Waals surface area (Å²) in [4.78, 5) is 11.8. The molecular formula is C11H11ClO. The van der Waals surface area contributed by atoms with Crippen molar-refractivity contribution in [3.8, 4) is 0 Å². The molecular weight excluding hydrogens is 184 g/mol. The van der Waals surface area contributed by atoms with Crippen LogP contribution >= 0.6 is 11.6 Å². The summed E-state index contributed by atoms with van der Waals surface area (Å²) in [6.07, 6.45) is 1.89. The maximum absolute atomic E-state index is 11.8. The van der Waals surface area contributed by atoms with Gasteiger partial charge in [-0.1, -0.05) is 24.3 Å². The van der Waals surface area contributed by atoms with E-state index < -0.39 is 0 Å². The topological polar surface area (TPSA) is 17.1 Å². The van der Waals surface area contributed by atoms with E-state index in [1.54, 1.807) is 0 Å². The maximum atomic E-state index is 11.8. The zero-order valence-corrected chi connectivity index (χ0v) is 8.05. The molecule has 1 aromatic rings. The van der Waals surface area contributed by atoms with Crippen molar-refractivity contribution in [1.82, 2.24) is 0 Å². The number of benzene rings is 1. The Morgan fingerprint density at radius 1 is 1.38 bits per heavy atom. The van der Waals surface area contributed by atoms with Gasteiger partial charge in [-0.05, 0) is 18.4 Å². The van der Waals surface area contributed by atoms with Gasteiger partial charge in [-0.25, -0.2) is 0 Å². The first-order valence-electron chi connectivity index (χ1n) is 4.51. The number of alkyl halides is 1. The van der Waals surface area contributed by atoms with Gasteiger partial charge in [0.1, 0.15) is 0 Å². The van der Waals surface area contributed by atoms with E-state index in [0.29, 0.717) is 5.88 Å². The third-order valence-electron chi connectivity index (χ3n) is 2.60. The normalized spacial score (nSPS) is 21.3. The number of hydrogen-bond donors (Lipinski definition) is 0. The van der Waals surface area contributed by atoms with Gasteiger partial charge in [0.2, 0.25) is 0 Å². The number of hydrogen-bond acceptors (Lipinski definition) is 1. The van der Waals surface area contributed by atoms with E-state index in [1.165, 1.54) is 5.56 Å². The van der Waals surface area contributed by atoms with Crippen molar-refractivity contribution in [2.45, 2.75) is 12.8 Å². The molecule has 0 bridgehead atoms. The minimum Gasteiger partial charge on any atom is -0.294 e. The second-order valence-electron chi connectivity index (χ2n) is 3.41. The molecule has 0 fully saturated rings.